The highest BCUT2D eigenvalue weighted by molar-refractivity contribution is 7.10. The molecular weight excluding hydrogens is 443 g/mol. The zero-order valence-electron chi connectivity index (χ0n) is 11.8. The molecule has 0 saturated carbocycles. The van der Waals surface area contributed by atoms with Crippen molar-refractivity contribution in [3.63, 3.8) is 0 Å². The summed E-state index contributed by atoms with van der Waals surface area (Å²) < 4.78 is -3.43. The van der Waals surface area contributed by atoms with Crippen LogP contribution in [0.15, 0.2) is 33.6 Å². The molecule has 0 aliphatic carbocycles. The maximum absolute atomic E-state index is 5.91. The molecule has 3 nitrogen and oxygen atoms in total. The van der Waals surface area contributed by atoms with Crippen LogP contribution in [0.4, 0.5) is 0 Å². The predicted octanol–water partition coefficient (Wildman–Crippen LogP) is 6.04. The first-order valence-electron chi connectivity index (χ1n) is 6.31. The molecule has 1 unspecified atom stereocenters. The van der Waals surface area contributed by atoms with E-state index in [9.17, 15) is 0 Å². The second kappa shape index (κ2) is 9.14. The molecule has 0 radical (unpaired) electrons. The van der Waals surface area contributed by atoms with Gasteiger partial charge in [0.05, 0.1) is 6.04 Å². The Morgan fingerprint density at radius 1 is 1.30 bits per heavy atom. The molecule has 0 fully saturated rings. The molecule has 128 valence electrons. The lowest BCUT2D eigenvalue weighted by Gasteiger charge is -2.19. The summed E-state index contributed by atoms with van der Waals surface area (Å²) in [7, 11) is 0. The molecule has 0 spiro atoms. The van der Waals surface area contributed by atoms with Gasteiger partial charge in [0.1, 0.15) is 5.84 Å². The van der Waals surface area contributed by atoms with Crippen molar-refractivity contribution in [2.75, 3.05) is 0 Å². The fourth-order valence-electron chi connectivity index (χ4n) is 1.39. The molecule has 0 aliphatic rings. The number of alkyl halides is 6. The number of aliphatic imine (C=N–C) groups is 2. The Morgan fingerprint density at radius 3 is 2.39 bits per heavy atom. The minimum Gasteiger partial charge on any atom is -0.383 e. The van der Waals surface area contributed by atoms with Gasteiger partial charge in [0.25, 0.3) is 0 Å². The summed E-state index contributed by atoms with van der Waals surface area (Å²) in [5, 5.41) is 1.94. The lowest BCUT2D eigenvalue weighted by atomic mass is 10.2. The molecule has 0 aromatic carbocycles. The number of hydrogen-bond acceptors (Lipinski definition) is 2. The van der Waals surface area contributed by atoms with Crippen molar-refractivity contribution in [2.24, 2.45) is 15.7 Å². The summed E-state index contributed by atoms with van der Waals surface area (Å²) in [5.74, 6) is -0.0309. The van der Waals surface area contributed by atoms with Gasteiger partial charge in [0, 0.05) is 4.88 Å². The number of rotatable bonds is 4. The molecule has 0 amide bonds. The smallest absolute Gasteiger partial charge is 0.247 e. The second-order valence-electron chi connectivity index (χ2n) is 4.30. The minimum absolute atomic E-state index is 0.195. The zero-order valence-corrected chi connectivity index (χ0v) is 17.2. The van der Waals surface area contributed by atoms with Crippen molar-refractivity contribution in [1.29, 1.82) is 0 Å². The maximum atomic E-state index is 5.91. The van der Waals surface area contributed by atoms with E-state index in [1.54, 1.807) is 23.5 Å². The third-order valence-electron chi connectivity index (χ3n) is 2.52. The minimum atomic E-state index is -1.85. The summed E-state index contributed by atoms with van der Waals surface area (Å²) in [6.07, 6.45) is 3.90. The van der Waals surface area contributed by atoms with E-state index in [4.69, 9.17) is 75.3 Å². The Bertz CT molecular complexity index is 584. The molecular formula is C13H13Cl6N3S. The lowest BCUT2D eigenvalue weighted by molar-refractivity contribution is 0.667. The predicted molar refractivity (Wildman–Crippen MR) is 107 cm³/mol. The molecule has 0 bridgehead atoms. The van der Waals surface area contributed by atoms with E-state index in [1.807, 2.05) is 24.4 Å². The zero-order chi connectivity index (χ0) is 17.7. The van der Waals surface area contributed by atoms with Crippen molar-refractivity contribution < 1.29 is 0 Å². The van der Waals surface area contributed by atoms with Crippen LogP contribution in [0.1, 0.15) is 18.2 Å². The van der Waals surface area contributed by atoms with Crippen LogP contribution in [0.25, 0.3) is 6.08 Å². The van der Waals surface area contributed by atoms with Crippen molar-refractivity contribution in [3.05, 3.63) is 28.5 Å². The molecule has 10 heteroatoms. The van der Waals surface area contributed by atoms with Crippen molar-refractivity contribution in [2.45, 2.75) is 27.0 Å². The summed E-state index contributed by atoms with van der Waals surface area (Å²) in [6.45, 7) is 1.83. The number of nitrogens with two attached hydrogens (primary N) is 1. The fourth-order valence-corrected chi connectivity index (χ4v) is 2.75. The standard InChI is InChI=1S/C13H13Cl6N3S/c1-2-9(12(14,15)16)21-10(22-11(20)13(17,18)19)6-5-8-4-3-7-23-8/h3-7,9H,2H2,1H3,(H2,20,21,22)/b6-5+. The van der Waals surface area contributed by atoms with E-state index in [0.29, 0.717) is 6.42 Å². The van der Waals surface area contributed by atoms with E-state index in [0.717, 1.165) is 4.88 Å². The topological polar surface area (TPSA) is 50.7 Å². The van der Waals surface area contributed by atoms with Crippen LogP contribution in [0.3, 0.4) is 0 Å². The summed E-state index contributed by atoms with van der Waals surface area (Å²) in [5.41, 5.74) is 5.67. The first-order chi connectivity index (χ1) is 10.5. The SMILES string of the molecule is CCC(/N=C(/C=C/c1cccs1)\N=C(/N)C(Cl)(Cl)Cl)C(Cl)(Cl)Cl. The number of thiophene rings is 1. The quantitative estimate of drug-likeness (QED) is 0.336. The molecule has 0 saturated heterocycles. The van der Waals surface area contributed by atoms with E-state index in [2.05, 4.69) is 9.98 Å². The van der Waals surface area contributed by atoms with Crippen molar-refractivity contribution in [1.82, 2.24) is 0 Å². The molecule has 0 aliphatic heterocycles. The first kappa shape index (κ1) is 21.4. The molecule has 23 heavy (non-hydrogen) atoms. The Kier molecular flexibility index (Phi) is 8.49. The highest BCUT2D eigenvalue weighted by Gasteiger charge is 2.31. The van der Waals surface area contributed by atoms with Crippen LogP contribution in [-0.4, -0.2) is 25.3 Å². The van der Waals surface area contributed by atoms with E-state index in [1.165, 1.54) is 0 Å². The normalized spacial score (nSPS) is 16.1. The number of amidine groups is 2. The summed E-state index contributed by atoms with van der Waals surface area (Å²) in [6, 6.07) is 3.21. The van der Waals surface area contributed by atoms with Gasteiger partial charge in [0.2, 0.25) is 7.59 Å². The van der Waals surface area contributed by atoms with Gasteiger partial charge < -0.3 is 5.73 Å². The average Bonchev–Trinajstić information content (AvgIpc) is 2.92. The molecule has 1 aromatic rings. The van der Waals surface area contributed by atoms with Crippen LogP contribution >= 0.6 is 80.9 Å². The van der Waals surface area contributed by atoms with Crippen LogP contribution in [0, 0.1) is 0 Å². The second-order valence-corrected chi connectivity index (χ2v) is 9.93. The largest absolute Gasteiger partial charge is 0.383 e. The monoisotopic (exact) mass is 453 g/mol. The van der Waals surface area contributed by atoms with Crippen molar-refractivity contribution in [3.8, 4) is 0 Å². The Morgan fingerprint density at radius 2 is 1.96 bits per heavy atom. The summed E-state index contributed by atoms with van der Waals surface area (Å²) in [4.78, 5) is 9.34. The van der Waals surface area contributed by atoms with E-state index < -0.39 is 13.6 Å². The van der Waals surface area contributed by atoms with E-state index >= 15 is 0 Å². The van der Waals surface area contributed by atoms with Gasteiger partial charge >= 0.3 is 0 Å². The number of hydrogen-bond donors (Lipinski definition) is 1. The molecule has 1 rings (SSSR count). The van der Waals surface area contributed by atoms with Gasteiger partial charge in [-0.1, -0.05) is 82.6 Å². The fraction of sp³-hybridized carbons (Fsp3) is 0.385. The maximum Gasteiger partial charge on any atom is 0.247 e. The van der Waals surface area contributed by atoms with Gasteiger partial charge in [-0.05, 0) is 30.0 Å². The molecule has 1 aromatic heterocycles. The highest BCUT2D eigenvalue weighted by Crippen LogP contribution is 2.34. The number of nitrogens with zero attached hydrogens (tertiary/aromatic N) is 2. The molecule has 1 heterocycles. The number of halogens is 6. The first-order valence-corrected chi connectivity index (χ1v) is 9.46. The Balaban J connectivity index is 3.20. The Labute approximate surface area is 169 Å². The van der Waals surface area contributed by atoms with Crippen LogP contribution in [0.2, 0.25) is 0 Å². The van der Waals surface area contributed by atoms with Crippen LogP contribution < -0.4 is 5.73 Å². The van der Waals surface area contributed by atoms with Gasteiger partial charge in [-0.3, -0.25) is 4.99 Å². The third kappa shape index (κ3) is 7.82. The Hall–Kier alpha value is 0.320. The van der Waals surface area contributed by atoms with Crippen molar-refractivity contribution >= 4 is 98.7 Å². The average molecular weight is 456 g/mol. The van der Waals surface area contributed by atoms with Gasteiger partial charge in [-0.25, -0.2) is 4.99 Å². The lowest BCUT2D eigenvalue weighted by Crippen LogP contribution is -2.30. The highest BCUT2D eigenvalue weighted by atomic mass is 35.6. The van der Waals surface area contributed by atoms with Gasteiger partial charge in [-0.15, -0.1) is 11.3 Å². The van der Waals surface area contributed by atoms with E-state index in [-0.39, 0.29) is 11.7 Å². The molecule has 1 atom stereocenters. The molecule has 2 N–H and O–H groups in total. The van der Waals surface area contributed by atoms with Crippen LogP contribution in [0.5, 0.6) is 0 Å². The van der Waals surface area contributed by atoms with Gasteiger partial charge in [-0.2, -0.15) is 0 Å². The van der Waals surface area contributed by atoms with Gasteiger partial charge in [0.15, 0.2) is 5.84 Å². The summed E-state index contributed by atoms with van der Waals surface area (Å²) >= 11 is 36.4. The van der Waals surface area contributed by atoms with Crippen LogP contribution in [-0.2, 0) is 0 Å². The third-order valence-corrected chi connectivity index (χ3v) is 4.69.